The minimum Gasteiger partial charge on any atom is -0.497 e. The molecular weight excluding hydrogens is 252 g/mol. The number of allylic oxidation sites excluding steroid dienone is 2. The van der Waals surface area contributed by atoms with E-state index in [4.69, 9.17) is 21.6 Å². The van der Waals surface area contributed by atoms with Crippen molar-refractivity contribution in [2.75, 3.05) is 13.7 Å². The lowest BCUT2D eigenvalue weighted by atomic mass is 9.98. The van der Waals surface area contributed by atoms with Crippen molar-refractivity contribution in [3.63, 3.8) is 0 Å². The lowest BCUT2D eigenvalue weighted by Gasteiger charge is -2.22. The van der Waals surface area contributed by atoms with E-state index < -0.39 is 0 Å². The molecule has 1 aromatic rings. The van der Waals surface area contributed by atoms with Crippen LogP contribution in [0, 0.1) is 11.3 Å². The molecule has 0 aliphatic carbocycles. The van der Waals surface area contributed by atoms with Gasteiger partial charge in [-0.15, -0.1) is 0 Å². The molecule has 1 heterocycles. The highest BCUT2D eigenvalue weighted by Crippen LogP contribution is 2.31. The van der Waals surface area contributed by atoms with Crippen LogP contribution in [0.25, 0.3) is 5.57 Å². The summed E-state index contributed by atoms with van der Waals surface area (Å²) in [7, 11) is 1.57. The second kappa shape index (κ2) is 5.13. The van der Waals surface area contributed by atoms with Crippen LogP contribution in [0.4, 0.5) is 0 Å². The fraction of sp³-hybridized carbons (Fsp3) is 0.154. The summed E-state index contributed by atoms with van der Waals surface area (Å²) in [4.78, 5) is 0. The number of benzene rings is 1. The van der Waals surface area contributed by atoms with E-state index in [1.807, 2.05) is 18.2 Å². The monoisotopic (exact) mass is 262 g/mol. The van der Waals surface area contributed by atoms with Crippen LogP contribution in [0.2, 0.25) is 0 Å². The molecule has 0 unspecified atom stereocenters. The number of ether oxygens (including phenoxy) is 1. The molecular formula is C13H11ClN2O2. The molecule has 0 amide bonds. The van der Waals surface area contributed by atoms with Gasteiger partial charge in [-0.25, -0.2) is 0 Å². The summed E-state index contributed by atoms with van der Waals surface area (Å²) in [5.41, 5.74) is 1.85. The van der Waals surface area contributed by atoms with Gasteiger partial charge in [-0.2, -0.15) is 5.26 Å². The molecule has 0 saturated heterocycles. The Kier molecular flexibility index (Phi) is 3.56. The van der Waals surface area contributed by atoms with Crippen LogP contribution < -0.4 is 4.74 Å². The van der Waals surface area contributed by atoms with Gasteiger partial charge in [0.2, 0.25) is 0 Å². The number of rotatable bonds is 2. The Balaban J connectivity index is 2.53. The molecule has 0 fully saturated rings. The lowest BCUT2D eigenvalue weighted by Crippen LogP contribution is -2.20. The normalized spacial score (nSPS) is 15.2. The van der Waals surface area contributed by atoms with Crippen LogP contribution in [-0.2, 0) is 0 Å². The molecule has 1 aliphatic rings. The maximum absolute atomic E-state index is 9.55. The first-order chi connectivity index (χ1) is 8.65. The number of nitrogens with zero attached hydrogens (tertiary/aromatic N) is 2. The molecule has 4 nitrogen and oxygen atoms in total. The van der Waals surface area contributed by atoms with E-state index in [0.29, 0.717) is 16.9 Å². The van der Waals surface area contributed by atoms with E-state index in [1.165, 1.54) is 6.20 Å². The molecule has 2 rings (SSSR count). The van der Waals surface area contributed by atoms with Crippen LogP contribution >= 0.6 is 11.6 Å². The highest BCUT2D eigenvalue weighted by Gasteiger charge is 2.20. The largest absolute Gasteiger partial charge is 0.497 e. The number of hydrogen-bond donors (Lipinski definition) is 1. The van der Waals surface area contributed by atoms with Gasteiger partial charge >= 0.3 is 0 Å². The highest BCUT2D eigenvalue weighted by molar-refractivity contribution is 6.33. The zero-order chi connectivity index (χ0) is 13.1. The quantitative estimate of drug-likeness (QED) is 0.890. The first-order valence-electron chi connectivity index (χ1n) is 5.26. The summed E-state index contributed by atoms with van der Waals surface area (Å²) in [6, 6.07) is 9.34. The molecule has 0 spiro atoms. The van der Waals surface area contributed by atoms with Gasteiger partial charge in [0.15, 0.2) is 0 Å². The molecule has 1 aromatic carbocycles. The predicted molar refractivity (Wildman–Crippen MR) is 68.0 cm³/mol. The van der Waals surface area contributed by atoms with E-state index in [1.54, 1.807) is 13.2 Å². The number of nitriles is 1. The van der Waals surface area contributed by atoms with Crippen molar-refractivity contribution >= 4 is 17.2 Å². The topological polar surface area (TPSA) is 56.5 Å². The molecule has 0 atom stereocenters. The Morgan fingerprint density at radius 1 is 1.50 bits per heavy atom. The zero-order valence-corrected chi connectivity index (χ0v) is 10.5. The third-order valence-corrected chi connectivity index (χ3v) is 2.94. The summed E-state index contributed by atoms with van der Waals surface area (Å²) < 4.78 is 5.14. The summed E-state index contributed by atoms with van der Waals surface area (Å²) in [6.07, 6.45) is 1.32. The minimum absolute atomic E-state index is 0.215. The van der Waals surface area contributed by atoms with Crippen molar-refractivity contribution < 1.29 is 9.94 Å². The summed E-state index contributed by atoms with van der Waals surface area (Å²) in [6.45, 7) is 0.215. The molecule has 92 valence electrons. The van der Waals surface area contributed by atoms with E-state index in [0.717, 1.165) is 10.6 Å². The van der Waals surface area contributed by atoms with Gasteiger partial charge in [0.05, 0.1) is 24.3 Å². The third-order valence-electron chi connectivity index (χ3n) is 2.65. The number of halogens is 1. The van der Waals surface area contributed by atoms with Crippen molar-refractivity contribution in [3.8, 4) is 11.8 Å². The molecule has 0 radical (unpaired) electrons. The van der Waals surface area contributed by atoms with Crippen molar-refractivity contribution in [3.05, 3.63) is 46.6 Å². The number of hydrogen-bond acceptors (Lipinski definition) is 4. The zero-order valence-electron chi connectivity index (χ0n) is 9.72. The Labute approximate surface area is 110 Å². The van der Waals surface area contributed by atoms with Crippen molar-refractivity contribution in [2.45, 2.75) is 0 Å². The number of methoxy groups -OCH3 is 1. The lowest BCUT2D eigenvalue weighted by molar-refractivity contribution is -0.0284. The highest BCUT2D eigenvalue weighted by atomic mass is 35.5. The van der Waals surface area contributed by atoms with Crippen LogP contribution in [0.5, 0.6) is 5.75 Å². The molecule has 1 N–H and O–H groups in total. The van der Waals surface area contributed by atoms with E-state index >= 15 is 0 Å². The fourth-order valence-corrected chi connectivity index (χ4v) is 2.06. The van der Waals surface area contributed by atoms with Gasteiger partial charge < -0.3 is 4.74 Å². The minimum atomic E-state index is 0.215. The average Bonchev–Trinajstić information content (AvgIpc) is 2.38. The molecule has 0 saturated carbocycles. The van der Waals surface area contributed by atoms with Gasteiger partial charge in [-0.05, 0) is 17.7 Å². The van der Waals surface area contributed by atoms with Crippen LogP contribution in [-0.4, -0.2) is 23.9 Å². The predicted octanol–water partition coefficient (Wildman–Crippen LogP) is 2.76. The maximum Gasteiger partial charge on any atom is 0.119 e. The van der Waals surface area contributed by atoms with E-state index in [-0.39, 0.29) is 11.6 Å². The Morgan fingerprint density at radius 3 is 2.94 bits per heavy atom. The van der Waals surface area contributed by atoms with Gasteiger partial charge in [0, 0.05) is 11.8 Å². The van der Waals surface area contributed by atoms with Gasteiger partial charge in [-0.1, -0.05) is 23.7 Å². The summed E-state index contributed by atoms with van der Waals surface area (Å²) >= 11 is 5.94. The van der Waals surface area contributed by atoms with Crippen LogP contribution in [0.15, 0.2) is 41.1 Å². The SMILES string of the molecule is COc1cccc(C2=C(C#N)C(Cl)=CN(O)C2)c1. The molecule has 1 aliphatic heterocycles. The van der Waals surface area contributed by atoms with Gasteiger partial charge in [-0.3, -0.25) is 10.3 Å². The van der Waals surface area contributed by atoms with Crippen LogP contribution in [0.1, 0.15) is 5.56 Å². The maximum atomic E-state index is 9.55. The molecule has 0 bridgehead atoms. The van der Waals surface area contributed by atoms with Crippen molar-refractivity contribution in [1.29, 1.82) is 5.26 Å². The molecule has 5 heteroatoms. The second-order valence-corrected chi connectivity index (χ2v) is 4.18. The van der Waals surface area contributed by atoms with E-state index in [9.17, 15) is 5.21 Å². The van der Waals surface area contributed by atoms with Crippen molar-refractivity contribution in [2.24, 2.45) is 0 Å². The third kappa shape index (κ3) is 2.33. The number of hydroxylamine groups is 2. The van der Waals surface area contributed by atoms with Gasteiger partial charge in [0.1, 0.15) is 11.8 Å². The Bertz CT molecular complexity index is 573. The average molecular weight is 263 g/mol. The van der Waals surface area contributed by atoms with Crippen molar-refractivity contribution in [1.82, 2.24) is 5.06 Å². The second-order valence-electron chi connectivity index (χ2n) is 3.77. The Morgan fingerprint density at radius 2 is 2.28 bits per heavy atom. The summed E-state index contributed by atoms with van der Waals surface area (Å²) in [5.74, 6) is 0.687. The smallest absolute Gasteiger partial charge is 0.119 e. The first kappa shape index (κ1) is 12.5. The van der Waals surface area contributed by atoms with E-state index in [2.05, 4.69) is 6.07 Å². The standard InChI is InChI=1S/C13H11ClN2O2/c1-18-10-4-2-3-9(5-10)12-7-16(17)8-13(14)11(12)6-15/h2-5,8,17H,7H2,1H3. The summed E-state index contributed by atoms with van der Waals surface area (Å²) in [5, 5.41) is 19.9. The molecule has 18 heavy (non-hydrogen) atoms. The van der Waals surface area contributed by atoms with Gasteiger partial charge in [0.25, 0.3) is 0 Å². The molecule has 0 aromatic heterocycles. The first-order valence-corrected chi connectivity index (χ1v) is 5.64. The van der Waals surface area contributed by atoms with Crippen LogP contribution in [0.3, 0.4) is 0 Å². The Hall–Kier alpha value is -1.96. The fourth-order valence-electron chi connectivity index (χ4n) is 1.79.